The largest absolute Gasteiger partial charge is 0.621 e. The van der Waals surface area contributed by atoms with Gasteiger partial charge in [0.25, 0.3) is 5.97 Å². The number of hydrogen-bond donors (Lipinski definition) is 0. The molecule has 3 heteroatoms. The molecular formula is C8H17AlO2. The molecule has 0 saturated heterocycles. The molecular weight excluding hydrogens is 155 g/mol. The third-order valence-corrected chi connectivity index (χ3v) is 3.02. The van der Waals surface area contributed by atoms with Crippen LogP contribution in [0.15, 0.2) is 0 Å². The molecule has 0 atom stereocenters. The molecule has 0 bridgehead atoms. The summed E-state index contributed by atoms with van der Waals surface area (Å²) in [6.45, 7) is 6.14. The van der Waals surface area contributed by atoms with Crippen molar-refractivity contribution in [1.29, 1.82) is 0 Å². The minimum atomic E-state index is -0.193. The first-order valence-corrected chi connectivity index (χ1v) is 5.06. The molecule has 0 aliphatic heterocycles. The smallest absolute Gasteiger partial charge is 0.499 e. The highest BCUT2D eigenvalue weighted by Crippen LogP contribution is 2.31. The Labute approximate surface area is 77.1 Å². The van der Waals surface area contributed by atoms with Crippen LogP contribution in [0.2, 0.25) is 0 Å². The molecule has 0 saturated carbocycles. The summed E-state index contributed by atoms with van der Waals surface area (Å²) < 4.78 is 4.89. The Morgan fingerprint density at radius 1 is 1.27 bits per heavy atom. The Hall–Kier alpha value is 0.00247. The quantitative estimate of drug-likeness (QED) is 0.597. The van der Waals surface area contributed by atoms with Gasteiger partial charge in [0, 0.05) is 0 Å². The van der Waals surface area contributed by atoms with Crippen molar-refractivity contribution in [2.24, 2.45) is 5.41 Å². The van der Waals surface area contributed by atoms with Gasteiger partial charge in [-0.05, 0) is 19.3 Å². The van der Waals surface area contributed by atoms with Gasteiger partial charge in [0.1, 0.15) is 0 Å². The van der Waals surface area contributed by atoms with Gasteiger partial charge in [-0.3, -0.25) is 4.79 Å². The average Bonchev–Trinajstić information content (AvgIpc) is 2.08. The van der Waals surface area contributed by atoms with Crippen LogP contribution >= 0.6 is 0 Å². The Bertz CT molecular complexity index is 122. The van der Waals surface area contributed by atoms with Gasteiger partial charge in [-0.15, -0.1) is 0 Å². The van der Waals surface area contributed by atoms with Gasteiger partial charge < -0.3 is 3.79 Å². The second-order valence-corrected chi connectivity index (χ2v) is 3.24. The van der Waals surface area contributed by atoms with Crippen LogP contribution in [0.5, 0.6) is 0 Å². The van der Waals surface area contributed by atoms with Gasteiger partial charge in [0.2, 0.25) is 0 Å². The highest BCUT2D eigenvalue weighted by Gasteiger charge is 2.32. The van der Waals surface area contributed by atoms with E-state index in [2.05, 4.69) is 0 Å². The van der Waals surface area contributed by atoms with E-state index in [1.165, 1.54) is 0 Å². The molecule has 0 aliphatic rings. The van der Waals surface area contributed by atoms with Gasteiger partial charge in [-0.2, -0.15) is 0 Å². The predicted octanol–water partition coefficient (Wildman–Crippen LogP) is 1.29. The van der Waals surface area contributed by atoms with Crippen LogP contribution in [0.4, 0.5) is 0 Å². The fourth-order valence-electron chi connectivity index (χ4n) is 1.40. The number of hydrogen-bond acceptors (Lipinski definition) is 2. The highest BCUT2D eigenvalue weighted by molar-refractivity contribution is 6.06. The molecule has 0 aromatic rings. The van der Waals surface area contributed by atoms with Crippen molar-refractivity contribution >= 4 is 22.6 Å². The first-order chi connectivity index (χ1) is 5.16. The van der Waals surface area contributed by atoms with Gasteiger partial charge >= 0.3 is 16.6 Å². The zero-order chi connectivity index (χ0) is 8.91. The first-order valence-electron chi connectivity index (χ1n) is 4.25. The second-order valence-electron chi connectivity index (χ2n) is 2.83. The Morgan fingerprint density at radius 2 is 1.64 bits per heavy atom. The molecule has 11 heavy (non-hydrogen) atoms. The number of carbonyl (C=O) groups excluding carboxylic acids is 1. The maximum Gasteiger partial charge on any atom is 0.499 e. The molecule has 0 N–H and O–H groups in total. The summed E-state index contributed by atoms with van der Waals surface area (Å²) in [5.74, 6) is -0.00309. The maximum atomic E-state index is 11.3. The van der Waals surface area contributed by atoms with Crippen LogP contribution in [-0.2, 0) is 8.58 Å². The molecule has 0 aromatic heterocycles. The Morgan fingerprint density at radius 3 is 1.73 bits per heavy atom. The third kappa shape index (κ3) is 2.22. The molecule has 64 valence electrons. The summed E-state index contributed by atoms with van der Waals surface area (Å²) in [6.07, 6.45) is 2.67. The van der Waals surface area contributed by atoms with Crippen LogP contribution in [0.25, 0.3) is 0 Å². The van der Waals surface area contributed by atoms with Crippen molar-refractivity contribution in [2.75, 3.05) is 0 Å². The first kappa shape index (κ1) is 11.0. The van der Waals surface area contributed by atoms with E-state index >= 15 is 0 Å². The van der Waals surface area contributed by atoms with Gasteiger partial charge in [-0.25, -0.2) is 0 Å². The van der Waals surface area contributed by atoms with E-state index in [1.54, 1.807) is 0 Å². The molecule has 0 radical (unpaired) electrons. The van der Waals surface area contributed by atoms with Crippen molar-refractivity contribution in [2.45, 2.75) is 40.0 Å². The van der Waals surface area contributed by atoms with Crippen molar-refractivity contribution < 1.29 is 8.58 Å². The zero-order valence-electron chi connectivity index (χ0n) is 7.94. The van der Waals surface area contributed by atoms with E-state index in [-0.39, 0.29) is 11.4 Å². The maximum absolute atomic E-state index is 11.3. The lowest BCUT2D eigenvalue weighted by Gasteiger charge is -2.27. The summed E-state index contributed by atoms with van der Waals surface area (Å²) in [7, 11) is 0. The van der Waals surface area contributed by atoms with E-state index in [1.807, 2.05) is 20.8 Å². The lowest BCUT2D eigenvalue weighted by Crippen LogP contribution is -2.30. The molecule has 0 aromatic carbocycles. The summed E-state index contributed by atoms with van der Waals surface area (Å²) in [5.41, 5.74) is -0.193. The van der Waals surface area contributed by atoms with E-state index < -0.39 is 0 Å². The fraction of sp³-hybridized carbons (Fsp3) is 0.875. The summed E-state index contributed by atoms with van der Waals surface area (Å²) in [4.78, 5) is 11.3. The third-order valence-electron chi connectivity index (χ3n) is 2.65. The summed E-state index contributed by atoms with van der Waals surface area (Å²) in [5, 5.41) is 0. The highest BCUT2D eigenvalue weighted by atomic mass is 27.1. The van der Waals surface area contributed by atoms with Crippen molar-refractivity contribution in [3.05, 3.63) is 0 Å². The Balaban J connectivity index is 4.39. The molecule has 0 rings (SSSR count). The lowest BCUT2D eigenvalue weighted by molar-refractivity contribution is -0.146. The molecule has 0 heterocycles. The van der Waals surface area contributed by atoms with Crippen LogP contribution in [0, 0.1) is 5.41 Å². The predicted molar refractivity (Wildman–Crippen MR) is 47.9 cm³/mol. The van der Waals surface area contributed by atoms with E-state index in [4.69, 9.17) is 3.79 Å². The van der Waals surface area contributed by atoms with E-state index in [0.717, 1.165) is 19.3 Å². The van der Waals surface area contributed by atoms with Crippen molar-refractivity contribution in [3.63, 3.8) is 0 Å². The summed E-state index contributed by atoms with van der Waals surface area (Å²) in [6, 6.07) is 0. The minimum absolute atomic E-state index is 0.00309. The molecule has 2 nitrogen and oxygen atoms in total. The second kappa shape index (κ2) is 4.79. The van der Waals surface area contributed by atoms with Crippen molar-refractivity contribution in [3.8, 4) is 0 Å². The molecule has 0 unspecified atom stereocenters. The van der Waals surface area contributed by atoms with Crippen LogP contribution in [0.3, 0.4) is 0 Å². The summed E-state index contributed by atoms with van der Waals surface area (Å²) >= 11 is 0.518. The number of carbonyl (C=O) groups is 1. The van der Waals surface area contributed by atoms with Crippen LogP contribution < -0.4 is 0 Å². The molecule has 0 aliphatic carbocycles. The van der Waals surface area contributed by atoms with Gasteiger partial charge in [0.15, 0.2) is 0 Å². The Kier molecular flexibility index (Phi) is 4.80. The number of rotatable bonds is 4. The topological polar surface area (TPSA) is 26.3 Å². The minimum Gasteiger partial charge on any atom is -0.621 e. The van der Waals surface area contributed by atoms with Crippen molar-refractivity contribution in [1.82, 2.24) is 0 Å². The van der Waals surface area contributed by atoms with E-state index in [0.29, 0.717) is 16.6 Å². The average molecular weight is 172 g/mol. The van der Waals surface area contributed by atoms with E-state index in [9.17, 15) is 4.79 Å². The van der Waals surface area contributed by atoms with Crippen LogP contribution in [0.1, 0.15) is 40.0 Å². The standard InChI is InChI=1S/C8H16O2.Al.2H/c1-4-8(5-2,6-3)7(9)10;;;/h4-6H2,1-3H3,(H,9,10);;;/q;+1;;/p-1. The van der Waals surface area contributed by atoms with Gasteiger partial charge in [0.05, 0.1) is 5.41 Å². The zero-order valence-corrected chi connectivity index (χ0v) is 9.94. The molecule has 0 fully saturated rings. The SMILES string of the molecule is CCC(CC)(CC)C(=O)[O][AlH2]. The van der Waals surface area contributed by atoms with Gasteiger partial charge in [-0.1, -0.05) is 20.8 Å². The molecule has 0 spiro atoms. The molecule has 0 amide bonds. The monoisotopic (exact) mass is 172 g/mol. The fourth-order valence-corrected chi connectivity index (χ4v) is 1.83. The normalized spacial score (nSPS) is 11.2. The van der Waals surface area contributed by atoms with Crippen LogP contribution in [-0.4, -0.2) is 22.6 Å². The lowest BCUT2D eigenvalue weighted by atomic mass is 9.80.